The van der Waals surface area contributed by atoms with E-state index in [-0.39, 0.29) is 5.82 Å². The van der Waals surface area contributed by atoms with Crippen molar-refractivity contribution in [1.29, 1.82) is 0 Å². The number of hydrogen-bond donors (Lipinski definition) is 1. The minimum absolute atomic E-state index is 0.382. The SMILES string of the molecule is COc1cc(-c2ccc(F)cn2)cc(C(N)=NCc2ccn(C)n2)c1C. The van der Waals surface area contributed by atoms with Gasteiger partial charge in [-0.3, -0.25) is 14.7 Å². The Balaban J connectivity index is 1.99. The van der Waals surface area contributed by atoms with Gasteiger partial charge >= 0.3 is 0 Å². The molecule has 2 N–H and O–H groups in total. The number of amidine groups is 1. The molecule has 6 nitrogen and oxygen atoms in total. The number of nitrogens with two attached hydrogens (primary N) is 1. The lowest BCUT2D eigenvalue weighted by atomic mass is 10.0. The highest BCUT2D eigenvalue weighted by molar-refractivity contribution is 6.00. The third-order valence-corrected chi connectivity index (χ3v) is 4.06. The molecule has 0 atom stereocenters. The molecular weight excluding hydrogens is 333 g/mol. The molecule has 0 radical (unpaired) electrons. The van der Waals surface area contributed by atoms with Gasteiger partial charge < -0.3 is 10.5 Å². The third-order valence-electron chi connectivity index (χ3n) is 4.06. The first-order chi connectivity index (χ1) is 12.5. The number of ether oxygens (including phenoxy) is 1. The summed E-state index contributed by atoms with van der Waals surface area (Å²) in [7, 11) is 3.44. The molecule has 0 fully saturated rings. The van der Waals surface area contributed by atoms with Gasteiger partial charge in [-0.25, -0.2) is 4.39 Å². The smallest absolute Gasteiger partial charge is 0.141 e. The van der Waals surface area contributed by atoms with Crippen molar-refractivity contribution in [2.45, 2.75) is 13.5 Å². The lowest BCUT2D eigenvalue weighted by Gasteiger charge is -2.13. The number of aromatic nitrogens is 3. The van der Waals surface area contributed by atoms with Crippen molar-refractivity contribution >= 4 is 5.84 Å². The number of methoxy groups -OCH3 is 1. The van der Waals surface area contributed by atoms with E-state index in [2.05, 4.69) is 15.1 Å². The van der Waals surface area contributed by atoms with Crippen LogP contribution in [0, 0.1) is 12.7 Å². The van der Waals surface area contributed by atoms with Gasteiger partial charge in [0.1, 0.15) is 17.4 Å². The van der Waals surface area contributed by atoms with Gasteiger partial charge in [0.05, 0.1) is 31.2 Å². The van der Waals surface area contributed by atoms with Gasteiger partial charge in [0.2, 0.25) is 0 Å². The van der Waals surface area contributed by atoms with E-state index < -0.39 is 0 Å². The molecule has 26 heavy (non-hydrogen) atoms. The summed E-state index contributed by atoms with van der Waals surface area (Å²) < 4.78 is 20.3. The Morgan fingerprint density at radius 2 is 2.12 bits per heavy atom. The van der Waals surface area contributed by atoms with E-state index in [0.717, 1.165) is 22.4 Å². The molecule has 7 heteroatoms. The summed E-state index contributed by atoms with van der Waals surface area (Å²) in [6.07, 6.45) is 3.04. The molecular formula is C19H20FN5O. The lowest BCUT2D eigenvalue weighted by molar-refractivity contribution is 0.412. The molecule has 2 aromatic heterocycles. The lowest BCUT2D eigenvalue weighted by Crippen LogP contribution is -2.16. The summed E-state index contributed by atoms with van der Waals surface area (Å²) in [5, 5.41) is 4.29. The highest BCUT2D eigenvalue weighted by atomic mass is 19.1. The molecule has 0 saturated carbocycles. The second-order valence-corrected chi connectivity index (χ2v) is 5.89. The van der Waals surface area contributed by atoms with Gasteiger partial charge in [0.25, 0.3) is 0 Å². The van der Waals surface area contributed by atoms with Crippen molar-refractivity contribution in [2.75, 3.05) is 7.11 Å². The minimum Gasteiger partial charge on any atom is -0.496 e. The monoisotopic (exact) mass is 353 g/mol. The zero-order valence-electron chi connectivity index (χ0n) is 14.9. The van der Waals surface area contributed by atoms with Crippen LogP contribution in [0.25, 0.3) is 11.3 Å². The van der Waals surface area contributed by atoms with Crippen LogP contribution >= 0.6 is 0 Å². The van der Waals surface area contributed by atoms with Gasteiger partial charge in [-0.15, -0.1) is 0 Å². The Bertz CT molecular complexity index is 947. The maximum absolute atomic E-state index is 13.1. The highest BCUT2D eigenvalue weighted by Gasteiger charge is 2.13. The molecule has 0 saturated heterocycles. The first-order valence-electron chi connectivity index (χ1n) is 8.07. The predicted octanol–water partition coefficient (Wildman–Crippen LogP) is 2.84. The molecule has 134 valence electrons. The molecule has 0 bridgehead atoms. The van der Waals surface area contributed by atoms with Crippen LogP contribution in [-0.4, -0.2) is 27.7 Å². The van der Waals surface area contributed by atoms with Crippen molar-refractivity contribution in [3.63, 3.8) is 0 Å². The van der Waals surface area contributed by atoms with E-state index in [9.17, 15) is 4.39 Å². The predicted molar refractivity (Wildman–Crippen MR) is 98.6 cm³/mol. The molecule has 3 rings (SSSR count). The van der Waals surface area contributed by atoms with Crippen LogP contribution in [0.1, 0.15) is 16.8 Å². The maximum Gasteiger partial charge on any atom is 0.141 e. The van der Waals surface area contributed by atoms with Crippen LogP contribution in [-0.2, 0) is 13.6 Å². The molecule has 3 aromatic rings. The standard InChI is InChI=1S/C19H20FN5O/c1-12-16(19(21)23-11-15-6-7-25(2)24-15)8-13(9-18(12)26-3)17-5-4-14(20)10-22-17/h4-10H,11H2,1-3H3,(H2,21,23). The number of aliphatic imine (C=N–C) groups is 1. The van der Waals surface area contributed by atoms with Crippen LogP contribution in [0.4, 0.5) is 4.39 Å². The third kappa shape index (κ3) is 3.72. The average Bonchev–Trinajstić information content (AvgIpc) is 3.06. The Labute approximate surface area is 151 Å². The molecule has 2 heterocycles. The van der Waals surface area contributed by atoms with Crippen LogP contribution in [0.3, 0.4) is 0 Å². The molecule has 0 unspecified atom stereocenters. The minimum atomic E-state index is -0.385. The molecule has 0 aliphatic heterocycles. The number of halogens is 1. The fraction of sp³-hybridized carbons (Fsp3) is 0.211. The number of aryl methyl sites for hydroxylation is 1. The zero-order valence-corrected chi connectivity index (χ0v) is 14.9. The van der Waals surface area contributed by atoms with Gasteiger partial charge in [-0.1, -0.05) is 0 Å². The average molecular weight is 353 g/mol. The largest absolute Gasteiger partial charge is 0.496 e. The van der Waals surface area contributed by atoms with Gasteiger partial charge in [-0.05, 0) is 37.3 Å². The van der Waals surface area contributed by atoms with Crippen molar-refractivity contribution in [1.82, 2.24) is 14.8 Å². The normalized spacial score (nSPS) is 11.6. The zero-order chi connectivity index (χ0) is 18.7. The van der Waals surface area contributed by atoms with Gasteiger partial charge in [-0.2, -0.15) is 5.10 Å². The Hall–Kier alpha value is -3.22. The van der Waals surface area contributed by atoms with E-state index in [4.69, 9.17) is 10.5 Å². The molecule has 0 spiro atoms. The second-order valence-electron chi connectivity index (χ2n) is 5.89. The Kier molecular flexibility index (Phi) is 4.97. The first kappa shape index (κ1) is 17.6. The first-order valence-corrected chi connectivity index (χ1v) is 8.07. The number of hydrogen-bond acceptors (Lipinski definition) is 4. The van der Waals surface area contributed by atoms with E-state index >= 15 is 0 Å². The Morgan fingerprint density at radius 3 is 2.73 bits per heavy atom. The summed E-state index contributed by atoms with van der Waals surface area (Å²) >= 11 is 0. The van der Waals surface area contributed by atoms with Crippen LogP contribution < -0.4 is 10.5 Å². The quantitative estimate of drug-likeness (QED) is 0.565. The topological polar surface area (TPSA) is 78.3 Å². The number of rotatable bonds is 5. The highest BCUT2D eigenvalue weighted by Crippen LogP contribution is 2.29. The summed E-state index contributed by atoms with van der Waals surface area (Å²) in [6, 6.07) is 8.61. The summed E-state index contributed by atoms with van der Waals surface area (Å²) in [5.41, 5.74) is 10.1. The van der Waals surface area contributed by atoms with Crippen LogP contribution in [0.5, 0.6) is 5.75 Å². The van der Waals surface area contributed by atoms with Crippen molar-refractivity contribution in [3.05, 3.63) is 65.4 Å². The summed E-state index contributed by atoms with van der Waals surface area (Å²) in [6.45, 7) is 2.30. The summed E-state index contributed by atoms with van der Waals surface area (Å²) in [5.74, 6) is 0.666. The van der Waals surface area contributed by atoms with E-state index in [1.807, 2.05) is 38.4 Å². The van der Waals surface area contributed by atoms with Gasteiger partial charge in [0, 0.05) is 29.9 Å². The maximum atomic E-state index is 13.1. The van der Waals surface area contributed by atoms with E-state index in [0.29, 0.717) is 23.8 Å². The van der Waals surface area contributed by atoms with Gasteiger partial charge in [0.15, 0.2) is 0 Å². The van der Waals surface area contributed by atoms with Crippen molar-refractivity contribution in [3.8, 4) is 17.0 Å². The number of nitrogens with zero attached hydrogens (tertiary/aromatic N) is 4. The fourth-order valence-electron chi connectivity index (χ4n) is 2.66. The van der Waals surface area contributed by atoms with E-state index in [1.165, 1.54) is 12.3 Å². The molecule has 0 aliphatic rings. The Morgan fingerprint density at radius 1 is 1.31 bits per heavy atom. The molecule has 0 aliphatic carbocycles. The fourth-order valence-corrected chi connectivity index (χ4v) is 2.66. The number of pyridine rings is 1. The number of benzene rings is 1. The molecule has 1 aromatic carbocycles. The second kappa shape index (κ2) is 7.35. The van der Waals surface area contributed by atoms with Crippen LogP contribution in [0.2, 0.25) is 0 Å². The van der Waals surface area contributed by atoms with Crippen LogP contribution in [0.15, 0.2) is 47.7 Å². The van der Waals surface area contributed by atoms with Crippen molar-refractivity contribution in [2.24, 2.45) is 17.8 Å². The summed E-state index contributed by atoms with van der Waals surface area (Å²) in [4.78, 5) is 8.57. The van der Waals surface area contributed by atoms with Crippen molar-refractivity contribution < 1.29 is 9.13 Å². The molecule has 0 amide bonds. The van der Waals surface area contributed by atoms with E-state index in [1.54, 1.807) is 17.9 Å².